The summed E-state index contributed by atoms with van der Waals surface area (Å²) in [4.78, 5) is 16.6. The lowest BCUT2D eigenvalue weighted by Gasteiger charge is -2.04. The van der Waals surface area contributed by atoms with E-state index in [0.29, 0.717) is 12.2 Å². The number of hydrogen-bond acceptors (Lipinski definition) is 5. The fraction of sp³-hybridized carbons (Fsp3) is 0.111. The number of nitrogens with one attached hydrogen (secondary N) is 1. The van der Waals surface area contributed by atoms with Gasteiger partial charge in [-0.1, -0.05) is 24.3 Å². The number of amides is 1. The quantitative estimate of drug-likeness (QED) is 0.623. The highest BCUT2D eigenvalue weighted by molar-refractivity contribution is 7.13. The summed E-state index contributed by atoms with van der Waals surface area (Å²) in [5.41, 5.74) is 9.06. The van der Waals surface area contributed by atoms with Gasteiger partial charge in [-0.2, -0.15) is 0 Å². The Hall–Kier alpha value is -2.70. The van der Waals surface area contributed by atoms with Crippen molar-refractivity contribution in [3.8, 4) is 16.3 Å². The van der Waals surface area contributed by atoms with Crippen molar-refractivity contribution in [1.29, 1.82) is 0 Å². The Morgan fingerprint density at radius 1 is 1.12 bits per heavy atom. The van der Waals surface area contributed by atoms with Gasteiger partial charge in [-0.25, -0.2) is 4.98 Å². The zero-order chi connectivity index (χ0) is 16.9. The molecule has 2 aromatic carbocycles. The fourth-order valence-corrected chi connectivity index (χ4v) is 3.04. The number of thiazole rings is 1. The first kappa shape index (κ1) is 16.2. The van der Waals surface area contributed by atoms with Crippen LogP contribution >= 0.6 is 11.3 Å². The average Bonchev–Trinajstić information content (AvgIpc) is 3.05. The number of anilines is 1. The normalized spacial score (nSPS) is 10.5. The van der Waals surface area contributed by atoms with Crippen molar-refractivity contribution < 1.29 is 9.90 Å². The third-order valence-electron chi connectivity index (χ3n) is 3.48. The Labute approximate surface area is 143 Å². The molecule has 0 saturated carbocycles. The van der Waals surface area contributed by atoms with E-state index in [4.69, 9.17) is 5.73 Å². The first-order chi connectivity index (χ1) is 11.6. The van der Waals surface area contributed by atoms with E-state index in [9.17, 15) is 9.90 Å². The van der Waals surface area contributed by atoms with Crippen molar-refractivity contribution in [1.82, 2.24) is 4.98 Å². The zero-order valence-corrected chi connectivity index (χ0v) is 13.7. The zero-order valence-electron chi connectivity index (χ0n) is 12.9. The highest BCUT2D eigenvalue weighted by Crippen LogP contribution is 2.24. The average molecular weight is 339 g/mol. The molecule has 0 fully saturated rings. The van der Waals surface area contributed by atoms with Gasteiger partial charge in [-0.05, 0) is 29.8 Å². The number of rotatable bonds is 5. The Kier molecular flexibility index (Phi) is 4.88. The summed E-state index contributed by atoms with van der Waals surface area (Å²) < 4.78 is 0. The highest BCUT2D eigenvalue weighted by atomic mass is 32.1. The summed E-state index contributed by atoms with van der Waals surface area (Å²) >= 11 is 1.51. The lowest BCUT2D eigenvalue weighted by molar-refractivity contribution is -0.115. The predicted octanol–water partition coefficient (Wildman–Crippen LogP) is 3.16. The van der Waals surface area contributed by atoms with E-state index in [1.165, 1.54) is 23.5 Å². The molecule has 0 saturated heterocycles. The van der Waals surface area contributed by atoms with Crippen LogP contribution in [0.3, 0.4) is 0 Å². The SMILES string of the molecule is NCc1ccc(-c2nc(CC(=O)Nc3ccc(O)cc3)cs2)cc1. The van der Waals surface area contributed by atoms with Crippen molar-refractivity contribution in [2.45, 2.75) is 13.0 Å². The van der Waals surface area contributed by atoms with E-state index in [1.54, 1.807) is 12.1 Å². The second-order valence-electron chi connectivity index (χ2n) is 5.32. The molecule has 1 amide bonds. The third-order valence-corrected chi connectivity index (χ3v) is 4.42. The standard InChI is InChI=1S/C18H17N3O2S/c19-10-12-1-3-13(4-2-12)18-21-15(11-24-18)9-17(23)20-14-5-7-16(22)8-6-14/h1-8,11,22H,9-10,19H2,(H,20,23). The maximum absolute atomic E-state index is 12.1. The third kappa shape index (κ3) is 3.98. The molecule has 0 bridgehead atoms. The maximum Gasteiger partial charge on any atom is 0.230 e. The topological polar surface area (TPSA) is 88.2 Å². The molecule has 0 unspecified atom stereocenters. The van der Waals surface area contributed by atoms with Gasteiger partial charge in [0.25, 0.3) is 0 Å². The number of phenolic OH excluding ortho intramolecular Hbond substituents is 1. The van der Waals surface area contributed by atoms with Gasteiger partial charge in [0.1, 0.15) is 10.8 Å². The van der Waals surface area contributed by atoms with Gasteiger partial charge >= 0.3 is 0 Å². The molecular formula is C18H17N3O2S. The summed E-state index contributed by atoms with van der Waals surface area (Å²) in [6.07, 6.45) is 0.207. The second kappa shape index (κ2) is 7.25. The van der Waals surface area contributed by atoms with Gasteiger partial charge in [0.05, 0.1) is 12.1 Å². The number of carbonyl (C=O) groups excluding carboxylic acids is 1. The van der Waals surface area contributed by atoms with Gasteiger partial charge in [0.15, 0.2) is 0 Å². The molecule has 0 radical (unpaired) electrons. The molecular weight excluding hydrogens is 322 g/mol. The van der Waals surface area contributed by atoms with Gasteiger partial charge in [-0.15, -0.1) is 11.3 Å². The molecule has 1 heterocycles. The molecule has 24 heavy (non-hydrogen) atoms. The Bertz CT molecular complexity index is 826. The lowest BCUT2D eigenvalue weighted by atomic mass is 10.1. The molecule has 0 atom stereocenters. The van der Waals surface area contributed by atoms with Gasteiger partial charge in [0.2, 0.25) is 5.91 Å². The maximum atomic E-state index is 12.1. The van der Waals surface area contributed by atoms with E-state index >= 15 is 0 Å². The minimum Gasteiger partial charge on any atom is -0.508 e. The molecule has 5 nitrogen and oxygen atoms in total. The summed E-state index contributed by atoms with van der Waals surface area (Å²) in [7, 11) is 0. The minimum atomic E-state index is -0.143. The number of benzene rings is 2. The van der Waals surface area contributed by atoms with Crippen LogP contribution in [0.4, 0.5) is 5.69 Å². The Balaban J connectivity index is 1.64. The van der Waals surface area contributed by atoms with E-state index in [-0.39, 0.29) is 18.1 Å². The largest absolute Gasteiger partial charge is 0.508 e. The van der Waals surface area contributed by atoms with Crippen molar-refractivity contribution in [2.24, 2.45) is 5.73 Å². The number of aromatic nitrogens is 1. The van der Waals surface area contributed by atoms with E-state index in [0.717, 1.165) is 21.8 Å². The second-order valence-corrected chi connectivity index (χ2v) is 6.17. The molecule has 122 valence electrons. The van der Waals surface area contributed by atoms with E-state index in [1.807, 2.05) is 29.6 Å². The monoisotopic (exact) mass is 339 g/mol. The summed E-state index contributed by atoms with van der Waals surface area (Å²) in [5.74, 6) is 0.0221. The lowest BCUT2D eigenvalue weighted by Crippen LogP contribution is -2.14. The molecule has 4 N–H and O–H groups in total. The van der Waals surface area contributed by atoms with Crippen LogP contribution in [0.25, 0.3) is 10.6 Å². The molecule has 0 spiro atoms. The molecule has 0 aliphatic rings. The van der Waals surface area contributed by atoms with E-state index in [2.05, 4.69) is 10.3 Å². The molecule has 3 aromatic rings. The Morgan fingerprint density at radius 2 is 1.83 bits per heavy atom. The predicted molar refractivity (Wildman–Crippen MR) is 95.9 cm³/mol. The van der Waals surface area contributed by atoms with Crippen LogP contribution in [0, 0.1) is 0 Å². The van der Waals surface area contributed by atoms with Crippen molar-refractivity contribution in [3.05, 3.63) is 65.2 Å². The summed E-state index contributed by atoms with van der Waals surface area (Å²) in [6.45, 7) is 0.515. The fourth-order valence-electron chi connectivity index (χ4n) is 2.22. The summed E-state index contributed by atoms with van der Waals surface area (Å²) in [6, 6.07) is 14.3. The first-order valence-corrected chi connectivity index (χ1v) is 8.34. The van der Waals surface area contributed by atoms with Gasteiger partial charge < -0.3 is 16.2 Å². The Morgan fingerprint density at radius 3 is 2.50 bits per heavy atom. The molecule has 1 aromatic heterocycles. The van der Waals surface area contributed by atoms with E-state index < -0.39 is 0 Å². The number of nitrogens with two attached hydrogens (primary N) is 1. The highest BCUT2D eigenvalue weighted by Gasteiger charge is 2.09. The molecule has 6 heteroatoms. The minimum absolute atomic E-state index is 0.143. The van der Waals surface area contributed by atoms with Crippen LogP contribution in [0.5, 0.6) is 5.75 Å². The van der Waals surface area contributed by atoms with Gasteiger partial charge in [0, 0.05) is 23.2 Å². The molecule has 0 aliphatic heterocycles. The van der Waals surface area contributed by atoms with Crippen molar-refractivity contribution in [3.63, 3.8) is 0 Å². The number of nitrogens with zero attached hydrogens (tertiary/aromatic N) is 1. The number of carbonyl (C=O) groups is 1. The molecule has 0 aliphatic carbocycles. The smallest absolute Gasteiger partial charge is 0.230 e. The van der Waals surface area contributed by atoms with Crippen molar-refractivity contribution in [2.75, 3.05) is 5.32 Å². The van der Waals surface area contributed by atoms with Crippen molar-refractivity contribution >= 4 is 22.9 Å². The number of hydrogen-bond donors (Lipinski definition) is 3. The van der Waals surface area contributed by atoms with Crippen LogP contribution in [0.2, 0.25) is 0 Å². The number of aromatic hydroxyl groups is 1. The van der Waals surface area contributed by atoms with Crippen LogP contribution in [0.15, 0.2) is 53.9 Å². The number of phenols is 1. The molecule has 3 rings (SSSR count). The van der Waals surface area contributed by atoms with Crippen LogP contribution in [-0.4, -0.2) is 16.0 Å². The van der Waals surface area contributed by atoms with Crippen LogP contribution < -0.4 is 11.1 Å². The van der Waals surface area contributed by atoms with Crippen LogP contribution in [0.1, 0.15) is 11.3 Å². The van der Waals surface area contributed by atoms with Crippen LogP contribution in [-0.2, 0) is 17.8 Å². The summed E-state index contributed by atoms with van der Waals surface area (Å²) in [5, 5.41) is 14.8. The first-order valence-electron chi connectivity index (χ1n) is 7.47. The van der Waals surface area contributed by atoms with Gasteiger partial charge in [-0.3, -0.25) is 4.79 Å².